The molecule has 138 valence electrons. The lowest BCUT2D eigenvalue weighted by atomic mass is 9.83. The van der Waals surface area contributed by atoms with Crippen molar-refractivity contribution < 1.29 is 0 Å². The van der Waals surface area contributed by atoms with Gasteiger partial charge in [-0.25, -0.2) is 9.97 Å². The Kier molecular flexibility index (Phi) is 4.15. The molecule has 2 unspecified atom stereocenters. The van der Waals surface area contributed by atoms with Crippen molar-refractivity contribution in [2.75, 3.05) is 37.6 Å². The largest absolute Gasteiger partial charge is 0.356 e. The normalized spacial score (nSPS) is 26.3. The van der Waals surface area contributed by atoms with Crippen LogP contribution in [0, 0.1) is 11.8 Å². The van der Waals surface area contributed by atoms with Crippen LogP contribution in [0.1, 0.15) is 36.6 Å². The van der Waals surface area contributed by atoms with E-state index in [1.807, 2.05) is 17.9 Å². The van der Waals surface area contributed by atoms with E-state index in [-0.39, 0.29) is 0 Å². The van der Waals surface area contributed by atoms with Gasteiger partial charge in [-0.2, -0.15) is 5.10 Å². The van der Waals surface area contributed by atoms with Gasteiger partial charge in [0.2, 0.25) is 0 Å². The van der Waals surface area contributed by atoms with Crippen LogP contribution in [0.4, 0.5) is 5.82 Å². The number of hydrogen-bond acceptors (Lipinski definition) is 5. The smallest absolute Gasteiger partial charge is 0.132 e. The van der Waals surface area contributed by atoms with Gasteiger partial charge in [0.15, 0.2) is 0 Å². The second-order valence-corrected chi connectivity index (χ2v) is 8.31. The zero-order valence-corrected chi connectivity index (χ0v) is 15.6. The number of fused-ring (bicyclic) bond motifs is 1. The van der Waals surface area contributed by atoms with E-state index in [2.05, 4.69) is 37.0 Å². The van der Waals surface area contributed by atoms with Gasteiger partial charge in [0.25, 0.3) is 0 Å². The lowest BCUT2D eigenvalue weighted by Crippen LogP contribution is -2.31. The second-order valence-electron chi connectivity index (χ2n) is 8.31. The van der Waals surface area contributed by atoms with Crippen molar-refractivity contribution in [3.8, 4) is 0 Å². The molecule has 6 nitrogen and oxygen atoms in total. The Bertz CT molecular complexity index is 753. The lowest BCUT2D eigenvalue weighted by molar-refractivity contribution is 0.318. The van der Waals surface area contributed by atoms with Crippen molar-refractivity contribution in [1.82, 2.24) is 24.6 Å². The summed E-state index contributed by atoms with van der Waals surface area (Å²) in [5.74, 6) is 3.39. The average molecular weight is 352 g/mol. The summed E-state index contributed by atoms with van der Waals surface area (Å²) < 4.78 is 1.99. The van der Waals surface area contributed by atoms with Crippen LogP contribution in [0.5, 0.6) is 0 Å². The van der Waals surface area contributed by atoms with Crippen molar-refractivity contribution in [3.05, 3.63) is 36.0 Å². The lowest BCUT2D eigenvalue weighted by Gasteiger charge is -2.26. The molecule has 0 N–H and O–H groups in total. The van der Waals surface area contributed by atoms with Gasteiger partial charge in [0.1, 0.15) is 12.1 Å². The maximum absolute atomic E-state index is 4.58. The molecule has 2 aromatic heterocycles. The average Bonchev–Trinajstić information content (AvgIpc) is 3.26. The van der Waals surface area contributed by atoms with Gasteiger partial charge in [-0.3, -0.25) is 4.68 Å². The fourth-order valence-electron chi connectivity index (χ4n) is 4.84. The Hall–Kier alpha value is -1.95. The molecular formula is C20H28N6. The number of aromatic nitrogens is 4. The van der Waals surface area contributed by atoms with E-state index in [0.29, 0.717) is 5.92 Å². The molecule has 3 aliphatic rings. The van der Waals surface area contributed by atoms with Crippen LogP contribution in [0.3, 0.4) is 0 Å². The van der Waals surface area contributed by atoms with Gasteiger partial charge in [0.05, 0.1) is 0 Å². The SMILES string of the molecule is Cn1nccc1CCN1CC2CN(c3cc(C4CCC4)ncn3)CC2C1. The third-order valence-electron chi connectivity index (χ3n) is 6.69. The van der Waals surface area contributed by atoms with E-state index in [0.717, 1.165) is 43.7 Å². The highest BCUT2D eigenvalue weighted by molar-refractivity contribution is 5.42. The minimum absolute atomic E-state index is 0.682. The Labute approximate surface area is 155 Å². The molecule has 3 fully saturated rings. The summed E-state index contributed by atoms with van der Waals surface area (Å²) in [5, 5.41) is 4.27. The van der Waals surface area contributed by atoms with E-state index >= 15 is 0 Å². The first-order valence-corrected chi connectivity index (χ1v) is 10.0. The standard InChI is InChI=1S/C20H28N6/c1-24-18(5-7-23-24)6-8-25-10-16-12-26(13-17(16)11-25)20-9-19(21-14-22-20)15-3-2-4-15/h5,7,9,14-17H,2-4,6,8,10-13H2,1H3. The van der Waals surface area contributed by atoms with Crippen molar-refractivity contribution >= 4 is 5.82 Å². The maximum atomic E-state index is 4.58. The van der Waals surface area contributed by atoms with Crippen molar-refractivity contribution in [2.24, 2.45) is 18.9 Å². The predicted molar refractivity (Wildman–Crippen MR) is 101 cm³/mol. The summed E-state index contributed by atoms with van der Waals surface area (Å²) in [6.45, 7) is 5.88. The zero-order valence-electron chi connectivity index (χ0n) is 15.6. The fourth-order valence-corrected chi connectivity index (χ4v) is 4.84. The highest BCUT2D eigenvalue weighted by Gasteiger charge is 2.40. The first-order valence-electron chi connectivity index (χ1n) is 10.0. The second kappa shape index (κ2) is 6.65. The summed E-state index contributed by atoms with van der Waals surface area (Å²) in [5.41, 5.74) is 2.59. The molecule has 2 saturated heterocycles. The van der Waals surface area contributed by atoms with Gasteiger partial charge in [-0.1, -0.05) is 6.42 Å². The number of nitrogens with zero attached hydrogens (tertiary/aromatic N) is 6. The molecule has 1 saturated carbocycles. The van der Waals surface area contributed by atoms with E-state index < -0.39 is 0 Å². The van der Waals surface area contributed by atoms with Crippen molar-refractivity contribution in [2.45, 2.75) is 31.6 Å². The third kappa shape index (κ3) is 3.00. The molecular weight excluding hydrogens is 324 g/mol. The van der Waals surface area contributed by atoms with Crippen LogP contribution in [-0.2, 0) is 13.5 Å². The maximum Gasteiger partial charge on any atom is 0.132 e. The molecule has 4 heterocycles. The molecule has 2 aromatic rings. The Balaban J connectivity index is 1.17. The van der Waals surface area contributed by atoms with E-state index in [9.17, 15) is 0 Å². The predicted octanol–water partition coefficient (Wildman–Crippen LogP) is 2.09. The number of hydrogen-bond donors (Lipinski definition) is 0. The minimum atomic E-state index is 0.682. The third-order valence-corrected chi connectivity index (χ3v) is 6.69. The molecule has 0 aromatic carbocycles. The molecule has 0 spiro atoms. The monoisotopic (exact) mass is 352 g/mol. The summed E-state index contributed by atoms with van der Waals surface area (Å²) >= 11 is 0. The van der Waals surface area contributed by atoms with Crippen molar-refractivity contribution in [1.29, 1.82) is 0 Å². The topological polar surface area (TPSA) is 50.1 Å². The van der Waals surface area contributed by atoms with E-state index in [1.165, 1.54) is 43.7 Å². The molecule has 1 aliphatic carbocycles. The fraction of sp³-hybridized carbons (Fsp3) is 0.650. The summed E-state index contributed by atoms with van der Waals surface area (Å²) in [6, 6.07) is 4.39. The Morgan fingerprint density at radius 3 is 2.54 bits per heavy atom. The Morgan fingerprint density at radius 1 is 1.08 bits per heavy atom. The van der Waals surface area contributed by atoms with E-state index in [1.54, 1.807) is 6.33 Å². The van der Waals surface area contributed by atoms with Crippen LogP contribution < -0.4 is 4.90 Å². The van der Waals surface area contributed by atoms with Crippen LogP contribution in [0.25, 0.3) is 0 Å². The van der Waals surface area contributed by atoms with Gasteiger partial charge in [-0.05, 0) is 30.7 Å². The number of anilines is 1. The summed E-state index contributed by atoms with van der Waals surface area (Å²) in [7, 11) is 2.03. The minimum Gasteiger partial charge on any atom is -0.356 e. The number of aryl methyl sites for hydroxylation is 1. The van der Waals surface area contributed by atoms with Crippen LogP contribution >= 0.6 is 0 Å². The highest BCUT2D eigenvalue weighted by atomic mass is 15.3. The van der Waals surface area contributed by atoms with Gasteiger partial charge in [-0.15, -0.1) is 0 Å². The van der Waals surface area contributed by atoms with Crippen LogP contribution in [-0.4, -0.2) is 57.4 Å². The summed E-state index contributed by atoms with van der Waals surface area (Å²) in [6.07, 6.45) is 8.71. The first-order chi connectivity index (χ1) is 12.8. The molecule has 26 heavy (non-hydrogen) atoms. The van der Waals surface area contributed by atoms with Gasteiger partial charge in [0, 0.05) is 75.8 Å². The Morgan fingerprint density at radius 2 is 1.88 bits per heavy atom. The summed E-state index contributed by atoms with van der Waals surface area (Å²) in [4.78, 5) is 14.2. The zero-order chi connectivity index (χ0) is 17.5. The van der Waals surface area contributed by atoms with Crippen LogP contribution in [0.2, 0.25) is 0 Å². The molecule has 5 rings (SSSR count). The quantitative estimate of drug-likeness (QED) is 0.825. The molecule has 0 bridgehead atoms. The highest BCUT2D eigenvalue weighted by Crippen LogP contribution is 2.37. The first kappa shape index (κ1) is 16.2. The number of rotatable bonds is 5. The van der Waals surface area contributed by atoms with Gasteiger partial charge < -0.3 is 9.80 Å². The van der Waals surface area contributed by atoms with Crippen LogP contribution in [0.15, 0.2) is 24.7 Å². The molecule has 2 atom stereocenters. The molecule has 0 amide bonds. The van der Waals surface area contributed by atoms with Gasteiger partial charge >= 0.3 is 0 Å². The molecule has 2 aliphatic heterocycles. The number of likely N-dealkylation sites (tertiary alicyclic amines) is 1. The van der Waals surface area contributed by atoms with Crippen molar-refractivity contribution in [3.63, 3.8) is 0 Å². The molecule has 6 heteroatoms. The molecule has 0 radical (unpaired) electrons. The van der Waals surface area contributed by atoms with E-state index in [4.69, 9.17) is 0 Å².